The van der Waals surface area contributed by atoms with E-state index >= 15 is 0 Å². The number of para-hydroxylation sites is 2. The second-order valence-electron chi connectivity index (χ2n) is 3.89. The average molecular weight is 412 g/mol. The lowest BCUT2D eigenvalue weighted by Crippen LogP contribution is -2.11. The number of hydrogen-bond donors (Lipinski definition) is 0. The molecule has 2 aromatic carbocycles. The average Bonchev–Trinajstić information content (AvgIpc) is 2.37. The molecule has 112 valence electrons. The molecule has 0 N–H and O–H groups in total. The van der Waals surface area contributed by atoms with Gasteiger partial charge in [0.2, 0.25) is 0 Å². The molecule has 0 aliphatic heterocycles. The molecule has 0 heterocycles. The molecule has 0 fully saturated rings. The molecule has 0 spiro atoms. The fraction of sp³-hybridized carbons (Fsp3) is 0.0769. The van der Waals surface area contributed by atoms with Crippen molar-refractivity contribution in [2.24, 2.45) is 0 Å². The predicted octanol–water partition coefficient (Wildman–Crippen LogP) is 4.53. The number of hydrogen-bond acceptors (Lipinski definition) is 4. The minimum absolute atomic E-state index is 0.0377. The SMILES string of the molecule is COc1ccccc1OS(=O)(=O)c1c(Cl)cc(Br)cc1Cl. The van der Waals surface area contributed by atoms with Crippen LogP contribution in [-0.4, -0.2) is 15.5 Å². The summed E-state index contributed by atoms with van der Waals surface area (Å²) in [6.45, 7) is 0. The van der Waals surface area contributed by atoms with E-state index in [9.17, 15) is 8.42 Å². The van der Waals surface area contributed by atoms with Crippen molar-refractivity contribution in [3.63, 3.8) is 0 Å². The van der Waals surface area contributed by atoms with Crippen molar-refractivity contribution < 1.29 is 17.3 Å². The van der Waals surface area contributed by atoms with Crippen molar-refractivity contribution in [2.75, 3.05) is 7.11 Å². The molecule has 8 heteroatoms. The molecule has 0 saturated carbocycles. The molecule has 0 unspecified atom stereocenters. The molecule has 0 aliphatic carbocycles. The van der Waals surface area contributed by atoms with E-state index in [0.29, 0.717) is 4.47 Å². The van der Waals surface area contributed by atoms with Crippen LogP contribution in [-0.2, 0) is 10.1 Å². The summed E-state index contributed by atoms with van der Waals surface area (Å²) in [5.74, 6) is 0.334. The van der Waals surface area contributed by atoms with Crippen LogP contribution in [0.15, 0.2) is 45.8 Å². The third kappa shape index (κ3) is 3.63. The van der Waals surface area contributed by atoms with E-state index in [-0.39, 0.29) is 26.4 Å². The molecule has 2 rings (SSSR count). The third-order valence-corrected chi connectivity index (χ3v) is 5.10. The molecule has 0 amide bonds. The first-order valence-electron chi connectivity index (χ1n) is 5.57. The quantitative estimate of drug-likeness (QED) is 0.693. The first kappa shape index (κ1) is 16.4. The van der Waals surface area contributed by atoms with Crippen LogP contribution in [0.3, 0.4) is 0 Å². The molecule has 0 bridgehead atoms. The minimum Gasteiger partial charge on any atom is -0.493 e. The van der Waals surface area contributed by atoms with E-state index in [4.69, 9.17) is 32.1 Å². The Kier molecular flexibility index (Phi) is 5.03. The highest BCUT2D eigenvalue weighted by Crippen LogP contribution is 2.36. The van der Waals surface area contributed by atoms with Crippen molar-refractivity contribution in [3.8, 4) is 11.5 Å². The zero-order valence-electron chi connectivity index (χ0n) is 10.6. The normalized spacial score (nSPS) is 11.2. The largest absolute Gasteiger partial charge is 0.493 e. The van der Waals surface area contributed by atoms with Crippen LogP contribution in [0.2, 0.25) is 10.0 Å². The Morgan fingerprint density at radius 3 is 2.10 bits per heavy atom. The fourth-order valence-corrected chi connectivity index (χ4v) is 4.44. The molecular formula is C13H9BrCl2O4S. The summed E-state index contributed by atoms with van der Waals surface area (Å²) in [6.07, 6.45) is 0. The number of methoxy groups -OCH3 is 1. The zero-order chi connectivity index (χ0) is 15.6. The Hall–Kier alpha value is -0.950. The highest BCUT2D eigenvalue weighted by Gasteiger charge is 2.25. The van der Waals surface area contributed by atoms with E-state index in [1.54, 1.807) is 18.2 Å². The number of halogens is 3. The van der Waals surface area contributed by atoms with E-state index < -0.39 is 10.1 Å². The first-order valence-corrected chi connectivity index (χ1v) is 8.53. The van der Waals surface area contributed by atoms with E-state index in [2.05, 4.69) is 15.9 Å². The molecule has 0 aliphatic rings. The number of benzene rings is 2. The second-order valence-corrected chi connectivity index (χ2v) is 7.10. The minimum atomic E-state index is -4.19. The summed E-state index contributed by atoms with van der Waals surface area (Å²) >= 11 is 15.1. The molecule has 0 atom stereocenters. The Balaban J connectivity index is 2.49. The van der Waals surface area contributed by atoms with E-state index in [1.807, 2.05) is 0 Å². The Morgan fingerprint density at radius 1 is 1.05 bits per heavy atom. The molecule has 21 heavy (non-hydrogen) atoms. The summed E-state index contributed by atoms with van der Waals surface area (Å²) in [6, 6.07) is 9.21. The van der Waals surface area contributed by atoms with Crippen LogP contribution in [0.4, 0.5) is 0 Å². The maximum Gasteiger partial charge on any atom is 0.342 e. The molecule has 2 aromatic rings. The highest BCUT2D eigenvalue weighted by atomic mass is 79.9. The van der Waals surface area contributed by atoms with Gasteiger partial charge in [-0.25, -0.2) is 0 Å². The third-order valence-electron chi connectivity index (χ3n) is 2.48. The number of ether oxygens (including phenoxy) is 1. The van der Waals surface area contributed by atoms with Crippen LogP contribution in [0.25, 0.3) is 0 Å². The predicted molar refractivity (Wildman–Crippen MR) is 85.0 cm³/mol. The van der Waals surface area contributed by atoms with Gasteiger partial charge in [-0.15, -0.1) is 0 Å². The smallest absolute Gasteiger partial charge is 0.342 e. The van der Waals surface area contributed by atoms with Crippen LogP contribution in [0, 0.1) is 0 Å². The standard InChI is InChI=1S/C13H9BrCl2O4S/c1-19-11-4-2-3-5-12(11)20-21(17,18)13-9(15)6-8(14)7-10(13)16/h2-7H,1H3. The molecule has 4 nitrogen and oxygen atoms in total. The van der Waals surface area contributed by atoms with Gasteiger partial charge in [-0.3, -0.25) is 0 Å². The first-order chi connectivity index (χ1) is 9.85. The van der Waals surface area contributed by atoms with Gasteiger partial charge in [-0.2, -0.15) is 8.42 Å². The topological polar surface area (TPSA) is 52.6 Å². The summed E-state index contributed by atoms with van der Waals surface area (Å²) in [5, 5.41) is -0.0754. The Labute approximate surface area is 140 Å². The molecule has 0 radical (unpaired) electrons. The van der Waals surface area contributed by atoms with Crippen molar-refractivity contribution in [2.45, 2.75) is 4.90 Å². The van der Waals surface area contributed by atoms with Crippen molar-refractivity contribution in [3.05, 3.63) is 50.9 Å². The van der Waals surface area contributed by atoms with Gasteiger partial charge in [0.05, 0.1) is 17.2 Å². The maximum atomic E-state index is 12.4. The fourth-order valence-electron chi connectivity index (χ4n) is 1.62. The highest BCUT2D eigenvalue weighted by molar-refractivity contribution is 9.10. The molecule has 0 aromatic heterocycles. The van der Waals surface area contributed by atoms with Crippen molar-refractivity contribution >= 4 is 49.2 Å². The Morgan fingerprint density at radius 2 is 1.57 bits per heavy atom. The summed E-state index contributed by atoms with van der Waals surface area (Å²) in [4.78, 5) is -0.292. The second kappa shape index (κ2) is 6.44. The Bertz CT molecular complexity index is 754. The number of rotatable bonds is 4. The van der Waals surface area contributed by atoms with Gasteiger partial charge in [0.25, 0.3) is 0 Å². The van der Waals surface area contributed by atoms with Crippen LogP contribution < -0.4 is 8.92 Å². The van der Waals surface area contributed by atoms with Gasteiger partial charge in [0.1, 0.15) is 4.90 Å². The van der Waals surface area contributed by atoms with Crippen molar-refractivity contribution in [1.29, 1.82) is 0 Å². The van der Waals surface area contributed by atoms with E-state index in [0.717, 1.165) is 0 Å². The molecular weight excluding hydrogens is 403 g/mol. The zero-order valence-corrected chi connectivity index (χ0v) is 14.6. The van der Waals surface area contributed by atoms with Gasteiger partial charge in [0, 0.05) is 4.47 Å². The van der Waals surface area contributed by atoms with E-state index in [1.165, 1.54) is 25.3 Å². The lowest BCUT2D eigenvalue weighted by atomic mass is 10.3. The lowest BCUT2D eigenvalue weighted by Gasteiger charge is -2.12. The maximum absolute atomic E-state index is 12.4. The molecule has 0 saturated heterocycles. The summed E-state index contributed by atoms with van der Waals surface area (Å²) in [7, 11) is -2.78. The van der Waals surface area contributed by atoms with Gasteiger partial charge >= 0.3 is 10.1 Å². The van der Waals surface area contributed by atoms with Gasteiger partial charge in [-0.05, 0) is 24.3 Å². The van der Waals surface area contributed by atoms with Crippen LogP contribution >= 0.6 is 39.1 Å². The van der Waals surface area contributed by atoms with Crippen LogP contribution in [0.5, 0.6) is 11.5 Å². The summed E-state index contributed by atoms with van der Waals surface area (Å²) < 4.78 is 35.4. The van der Waals surface area contributed by atoms with Gasteiger partial charge in [0.15, 0.2) is 11.5 Å². The van der Waals surface area contributed by atoms with Crippen molar-refractivity contribution in [1.82, 2.24) is 0 Å². The van der Waals surface area contributed by atoms with Crippen LogP contribution in [0.1, 0.15) is 0 Å². The lowest BCUT2D eigenvalue weighted by molar-refractivity contribution is 0.390. The monoisotopic (exact) mass is 410 g/mol. The van der Waals surface area contributed by atoms with Gasteiger partial charge < -0.3 is 8.92 Å². The van der Waals surface area contributed by atoms with Gasteiger partial charge in [-0.1, -0.05) is 51.3 Å². The summed E-state index contributed by atoms with van der Waals surface area (Å²) in [5.41, 5.74) is 0.